The first-order chi connectivity index (χ1) is 15.5. The average Bonchev–Trinajstić information content (AvgIpc) is 2.76. The number of likely N-dealkylation sites (N-methyl/N-ethyl adjacent to an activating group) is 1. The minimum Gasteiger partial charge on any atom is -0.489 e. The van der Waals surface area contributed by atoms with Crippen molar-refractivity contribution in [2.75, 3.05) is 7.05 Å². The van der Waals surface area contributed by atoms with Gasteiger partial charge < -0.3 is 14.6 Å². The molecule has 2 rings (SSSR count). The number of carbonyl (C=O) groups is 3. The van der Waals surface area contributed by atoms with Crippen LogP contribution in [0.1, 0.15) is 49.2 Å². The number of carboxylic acids is 1. The lowest BCUT2D eigenvalue weighted by Gasteiger charge is -2.26. The van der Waals surface area contributed by atoms with Crippen LogP contribution in [0, 0.1) is 0 Å². The van der Waals surface area contributed by atoms with E-state index in [-0.39, 0.29) is 12.1 Å². The number of hydrogen-bond donors (Lipinski definition) is 1. The van der Waals surface area contributed by atoms with E-state index in [1.54, 1.807) is 52.0 Å². The summed E-state index contributed by atoms with van der Waals surface area (Å²) in [5.74, 6) is -0.875. The Morgan fingerprint density at radius 1 is 1.00 bits per heavy atom. The summed E-state index contributed by atoms with van der Waals surface area (Å²) < 4.78 is 10.9. The zero-order chi connectivity index (χ0) is 24.6. The standard InChI is InChI=1S/C24H29N3O6/c1-16(27(5)23(31)33-24(2,3)4)21(28)26-25-14-17-8-12-20(13-9-17)32-15-18-6-10-19(11-7-18)22(29)30/h6-13,16H,14-15H2,1-5H3,(H,29,30). The van der Waals surface area contributed by atoms with Gasteiger partial charge in [0, 0.05) is 7.05 Å². The van der Waals surface area contributed by atoms with Crippen molar-refractivity contribution >= 4 is 18.0 Å². The molecule has 0 saturated carbocycles. The van der Waals surface area contributed by atoms with E-state index in [0.717, 1.165) is 11.1 Å². The van der Waals surface area contributed by atoms with Crippen molar-refractivity contribution in [3.8, 4) is 5.75 Å². The van der Waals surface area contributed by atoms with Crippen LogP contribution in [0.3, 0.4) is 0 Å². The van der Waals surface area contributed by atoms with Gasteiger partial charge in [-0.2, -0.15) is 5.11 Å². The van der Waals surface area contributed by atoms with Gasteiger partial charge in [-0.1, -0.05) is 24.3 Å². The van der Waals surface area contributed by atoms with Crippen LogP contribution >= 0.6 is 0 Å². The van der Waals surface area contributed by atoms with Crippen molar-refractivity contribution in [3.63, 3.8) is 0 Å². The van der Waals surface area contributed by atoms with Gasteiger partial charge >= 0.3 is 12.1 Å². The van der Waals surface area contributed by atoms with Crippen LogP contribution in [-0.4, -0.2) is 46.7 Å². The van der Waals surface area contributed by atoms with Gasteiger partial charge in [0.1, 0.15) is 24.0 Å². The summed E-state index contributed by atoms with van der Waals surface area (Å²) >= 11 is 0. The topological polar surface area (TPSA) is 118 Å². The molecule has 0 radical (unpaired) electrons. The van der Waals surface area contributed by atoms with Crippen molar-refractivity contribution in [3.05, 3.63) is 65.2 Å². The maximum Gasteiger partial charge on any atom is 0.410 e. The predicted molar refractivity (Wildman–Crippen MR) is 121 cm³/mol. The second kappa shape index (κ2) is 11.2. The third kappa shape index (κ3) is 8.36. The largest absolute Gasteiger partial charge is 0.489 e. The Hall–Kier alpha value is -3.75. The minimum absolute atomic E-state index is 0.200. The van der Waals surface area contributed by atoms with Gasteiger partial charge in [0.2, 0.25) is 0 Å². The molecule has 33 heavy (non-hydrogen) atoms. The lowest BCUT2D eigenvalue weighted by molar-refractivity contribution is -0.122. The van der Waals surface area contributed by atoms with E-state index < -0.39 is 29.6 Å². The molecule has 0 bridgehead atoms. The van der Waals surface area contributed by atoms with Crippen molar-refractivity contribution in [2.24, 2.45) is 10.2 Å². The van der Waals surface area contributed by atoms with E-state index in [4.69, 9.17) is 14.6 Å². The number of nitrogens with zero attached hydrogens (tertiary/aromatic N) is 3. The maximum atomic E-state index is 12.2. The highest BCUT2D eigenvalue weighted by Crippen LogP contribution is 2.16. The first-order valence-electron chi connectivity index (χ1n) is 10.4. The van der Waals surface area contributed by atoms with Crippen molar-refractivity contribution in [2.45, 2.75) is 52.5 Å². The van der Waals surface area contributed by atoms with E-state index in [2.05, 4.69) is 10.2 Å². The number of azo groups is 1. The molecular formula is C24H29N3O6. The Bertz CT molecular complexity index is 994. The monoisotopic (exact) mass is 455 g/mol. The maximum absolute atomic E-state index is 12.2. The summed E-state index contributed by atoms with van der Waals surface area (Å²) in [5.41, 5.74) is 1.25. The molecule has 1 unspecified atom stereocenters. The van der Waals surface area contributed by atoms with E-state index in [1.807, 2.05) is 12.1 Å². The number of benzene rings is 2. The third-order valence-corrected chi connectivity index (χ3v) is 4.57. The molecule has 0 spiro atoms. The molecule has 0 heterocycles. The highest BCUT2D eigenvalue weighted by Gasteiger charge is 2.26. The molecule has 0 aliphatic heterocycles. The zero-order valence-electron chi connectivity index (χ0n) is 19.4. The van der Waals surface area contributed by atoms with E-state index in [1.165, 1.54) is 24.1 Å². The van der Waals surface area contributed by atoms with Crippen LogP contribution in [0.15, 0.2) is 58.8 Å². The quantitative estimate of drug-likeness (QED) is 0.577. The average molecular weight is 456 g/mol. The van der Waals surface area contributed by atoms with Gasteiger partial charge in [0.25, 0.3) is 5.91 Å². The van der Waals surface area contributed by atoms with Crippen LogP contribution in [-0.2, 0) is 22.7 Å². The fourth-order valence-electron chi connectivity index (χ4n) is 2.53. The van der Waals surface area contributed by atoms with Gasteiger partial charge in [0.05, 0.1) is 12.1 Å². The molecular weight excluding hydrogens is 426 g/mol. The Morgan fingerprint density at radius 2 is 1.58 bits per heavy atom. The van der Waals surface area contributed by atoms with Crippen LogP contribution in [0.2, 0.25) is 0 Å². The molecule has 9 nitrogen and oxygen atoms in total. The smallest absolute Gasteiger partial charge is 0.410 e. The van der Waals surface area contributed by atoms with Gasteiger partial charge in [0.15, 0.2) is 0 Å². The van der Waals surface area contributed by atoms with Crippen molar-refractivity contribution in [1.82, 2.24) is 4.90 Å². The van der Waals surface area contributed by atoms with E-state index >= 15 is 0 Å². The third-order valence-electron chi connectivity index (χ3n) is 4.57. The van der Waals surface area contributed by atoms with Crippen molar-refractivity contribution in [1.29, 1.82) is 0 Å². The summed E-state index contributed by atoms with van der Waals surface area (Å²) in [6, 6.07) is 12.8. The SMILES string of the molecule is CC(C(=O)N=NCc1ccc(OCc2ccc(C(=O)O)cc2)cc1)N(C)C(=O)OC(C)(C)C. The van der Waals surface area contributed by atoms with Crippen LogP contribution in [0.5, 0.6) is 5.75 Å². The fourth-order valence-corrected chi connectivity index (χ4v) is 2.53. The summed E-state index contributed by atoms with van der Waals surface area (Å²) in [7, 11) is 1.48. The zero-order valence-corrected chi connectivity index (χ0v) is 19.4. The molecule has 9 heteroatoms. The van der Waals surface area contributed by atoms with E-state index in [9.17, 15) is 14.4 Å². The van der Waals surface area contributed by atoms with Gasteiger partial charge in [-0.25, -0.2) is 9.59 Å². The normalized spacial score (nSPS) is 12.3. The number of rotatable bonds is 8. The van der Waals surface area contributed by atoms with Crippen LogP contribution < -0.4 is 4.74 Å². The highest BCUT2D eigenvalue weighted by molar-refractivity contribution is 5.87. The molecule has 0 aliphatic carbocycles. The van der Waals surface area contributed by atoms with Gasteiger partial charge in [-0.05, 0) is 63.1 Å². The number of carboxylic acid groups (broad SMARTS) is 1. The second-order valence-electron chi connectivity index (χ2n) is 8.44. The molecule has 2 aromatic carbocycles. The summed E-state index contributed by atoms with van der Waals surface area (Å²) in [4.78, 5) is 36.4. The summed E-state index contributed by atoms with van der Waals surface area (Å²) in [5, 5.41) is 16.6. The van der Waals surface area contributed by atoms with Crippen LogP contribution in [0.4, 0.5) is 4.79 Å². The molecule has 1 N–H and O–H groups in total. The summed E-state index contributed by atoms with van der Waals surface area (Å²) in [6.07, 6.45) is -0.605. The lowest BCUT2D eigenvalue weighted by atomic mass is 10.1. The fraction of sp³-hybridized carbons (Fsp3) is 0.375. The number of aromatic carboxylic acids is 1. The first-order valence-corrected chi connectivity index (χ1v) is 10.4. The predicted octanol–water partition coefficient (Wildman–Crippen LogP) is 4.70. The highest BCUT2D eigenvalue weighted by atomic mass is 16.6. The Morgan fingerprint density at radius 3 is 2.12 bits per heavy atom. The summed E-state index contributed by atoms with van der Waals surface area (Å²) in [6.45, 7) is 7.31. The minimum atomic E-state index is -0.971. The van der Waals surface area contributed by atoms with E-state index in [0.29, 0.717) is 12.4 Å². The molecule has 0 aliphatic rings. The number of ether oxygens (including phenoxy) is 2. The van der Waals surface area contributed by atoms with Gasteiger partial charge in [-0.3, -0.25) is 9.69 Å². The van der Waals surface area contributed by atoms with Crippen LogP contribution in [0.25, 0.3) is 0 Å². The Balaban J connectivity index is 1.83. The molecule has 0 fully saturated rings. The van der Waals surface area contributed by atoms with Gasteiger partial charge in [-0.15, -0.1) is 5.11 Å². The molecule has 1 atom stereocenters. The molecule has 0 aromatic heterocycles. The number of hydrogen-bond acceptors (Lipinski definition) is 6. The second-order valence-corrected chi connectivity index (χ2v) is 8.44. The molecule has 176 valence electrons. The van der Waals surface area contributed by atoms with Crippen molar-refractivity contribution < 1.29 is 29.0 Å². The Labute approximate surface area is 193 Å². The first kappa shape index (κ1) is 25.5. The number of amides is 2. The number of carbonyl (C=O) groups excluding carboxylic acids is 2. The Kier molecular flexibility index (Phi) is 8.67. The lowest BCUT2D eigenvalue weighted by Crippen LogP contribution is -2.42. The molecule has 2 aromatic rings. The molecule has 0 saturated heterocycles. The molecule has 2 amide bonds.